The van der Waals surface area contributed by atoms with E-state index in [1.54, 1.807) is 0 Å². The highest BCUT2D eigenvalue weighted by atomic mass is 35.5. The number of hydrogen-bond acceptors (Lipinski definition) is 2. The number of nitrogens with one attached hydrogen (secondary N) is 1. The summed E-state index contributed by atoms with van der Waals surface area (Å²) >= 11 is 6.05. The summed E-state index contributed by atoms with van der Waals surface area (Å²) < 4.78 is 0. The van der Waals surface area contributed by atoms with E-state index in [0.717, 1.165) is 43.9 Å². The zero-order valence-electron chi connectivity index (χ0n) is 20.9. The minimum atomic E-state index is -0.158. The number of rotatable bonds is 9. The van der Waals surface area contributed by atoms with Gasteiger partial charge in [-0.1, -0.05) is 98.2 Å². The number of carbonyl (C=O) groups is 1. The van der Waals surface area contributed by atoms with Crippen molar-refractivity contribution in [1.82, 2.24) is 10.2 Å². The fourth-order valence-corrected chi connectivity index (χ4v) is 5.38. The predicted molar refractivity (Wildman–Crippen MR) is 146 cm³/mol. The van der Waals surface area contributed by atoms with Gasteiger partial charge in [-0.25, -0.2) is 0 Å². The quantitative estimate of drug-likeness (QED) is 0.356. The molecule has 4 rings (SSSR count). The van der Waals surface area contributed by atoms with Crippen LogP contribution in [0.25, 0.3) is 0 Å². The van der Waals surface area contributed by atoms with Crippen LogP contribution >= 0.6 is 11.6 Å². The molecule has 4 heteroatoms. The maximum Gasteiger partial charge on any atom is 0.239 e. The molecule has 184 valence electrons. The Hall–Kier alpha value is -2.62. The van der Waals surface area contributed by atoms with Crippen molar-refractivity contribution in [3.63, 3.8) is 0 Å². The van der Waals surface area contributed by atoms with E-state index in [4.69, 9.17) is 11.6 Å². The van der Waals surface area contributed by atoms with Gasteiger partial charge in [0.1, 0.15) is 0 Å². The first-order chi connectivity index (χ1) is 17.0. The Morgan fingerprint density at radius 1 is 0.886 bits per heavy atom. The first kappa shape index (κ1) is 25.5. The molecule has 3 nitrogen and oxygen atoms in total. The molecule has 1 atom stereocenters. The van der Waals surface area contributed by atoms with Crippen LogP contribution in [-0.4, -0.2) is 36.5 Å². The summed E-state index contributed by atoms with van der Waals surface area (Å²) in [7, 11) is 0. The largest absolute Gasteiger partial charge is 0.341 e. The van der Waals surface area contributed by atoms with E-state index in [1.165, 1.54) is 16.7 Å². The van der Waals surface area contributed by atoms with Crippen LogP contribution in [0.4, 0.5) is 0 Å². The van der Waals surface area contributed by atoms with Gasteiger partial charge in [-0.05, 0) is 66.5 Å². The maximum atomic E-state index is 13.5. The molecule has 1 amide bonds. The lowest BCUT2D eigenvalue weighted by molar-refractivity contribution is -0.135. The van der Waals surface area contributed by atoms with Gasteiger partial charge in [0.25, 0.3) is 0 Å². The van der Waals surface area contributed by atoms with Gasteiger partial charge in [0.05, 0.1) is 6.04 Å². The van der Waals surface area contributed by atoms with E-state index >= 15 is 0 Å². The van der Waals surface area contributed by atoms with Crippen LogP contribution in [0, 0.1) is 5.92 Å². The van der Waals surface area contributed by atoms with Crippen molar-refractivity contribution in [3.8, 4) is 0 Å². The lowest BCUT2D eigenvalue weighted by atomic mass is 9.88. The van der Waals surface area contributed by atoms with Crippen LogP contribution in [0.15, 0.2) is 84.9 Å². The third kappa shape index (κ3) is 6.74. The second-order valence-electron chi connectivity index (χ2n) is 9.99. The molecule has 1 saturated heterocycles. The van der Waals surface area contributed by atoms with Gasteiger partial charge in [-0.2, -0.15) is 0 Å². The van der Waals surface area contributed by atoms with E-state index in [2.05, 4.69) is 96.9 Å². The summed E-state index contributed by atoms with van der Waals surface area (Å²) in [6.07, 6.45) is 2.95. The van der Waals surface area contributed by atoms with E-state index < -0.39 is 0 Å². The first-order valence-corrected chi connectivity index (χ1v) is 13.3. The average molecular weight is 489 g/mol. The Morgan fingerprint density at radius 2 is 1.43 bits per heavy atom. The summed E-state index contributed by atoms with van der Waals surface area (Å²) in [5.74, 6) is 1.29. The van der Waals surface area contributed by atoms with Crippen LogP contribution in [0.5, 0.6) is 0 Å². The molecule has 0 spiro atoms. The zero-order valence-corrected chi connectivity index (χ0v) is 21.6. The van der Waals surface area contributed by atoms with Crippen molar-refractivity contribution >= 4 is 17.5 Å². The Bertz CT molecular complexity index is 1000. The second-order valence-corrected chi connectivity index (χ2v) is 10.4. The molecule has 0 radical (unpaired) electrons. The number of carbonyl (C=O) groups excluding carboxylic acids is 1. The number of piperidine rings is 1. The lowest BCUT2D eigenvalue weighted by Gasteiger charge is -2.36. The minimum absolute atomic E-state index is 0.158. The third-order valence-corrected chi connectivity index (χ3v) is 7.53. The van der Waals surface area contributed by atoms with Gasteiger partial charge in [-0.3, -0.25) is 4.79 Å². The molecular weight excluding hydrogens is 452 g/mol. The molecule has 0 aromatic heterocycles. The average Bonchev–Trinajstić information content (AvgIpc) is 2.90. The van der Waals surface area contributed by atoms with Crippen LogP contribution in [0.2, 0.25) is 5.02 Å². The van der Waals surface area contributed by atoms with Crippen molar-refractivity contribution in [1.29, 1.82) is 0 Å². The van der Waals surface area contributed by atoms with E-state index in [-0.39, 0.29) is 17.9 Å². The van der Waals surface area contributed by atoms with Crippen LogP contribution in [0.3, 0.4) is 0 Å². The molecule has 1 fully saturated rings. The molecule has 3 aromatic rings. The topological polar surface area (TPSA) is 32.3 Å². The summed E-state index contributed by atoms with van der Waals surface area (Å²) in [6.45, 7) is 6.70. The summed E-state index contributed by atoms with van der Waals surface area (Å²) in [6, 6.07) is 29.4. The zero-order chi connectivity index (χ0) is 24.6. The van der Waals surface area contributed by atoms with Crippen molar-refractivity contribution in [2.75, 3.05) is 19.6 Å². The Morgan fingerprint density at radius 3 is 1.94 bits per heavy atom. The van der Waals surface area contributed by atoms with Gasteiger partial charge >= 0.3 is 0 Å². The van der Waals surface area contributed by atoms with E-state index in [0.29, 0.717) is 11.8 Å². The molecule has 3 aromatic carbocycles. The van der Waals surface area contributed by atoms with Gasteiger partial charge in [-0.15, -0.1) is 0 Å². The molecule has 35 heavy (non-hydrogen) atoms. The summed E-state index contributed by atoms with van der Waals surface area (Å²) in [4.78, 5) is 15.6. The highest BCUT2D eigenvalue weighted by molar-refractivity contribution is 6.30. The molecule has 0 bridgehead atoms. The molecular formula is C31H37ClN2O. The fourth-order valence-electron chi connectivity index (χ4n) is 5.25. The van der Waals surface area contributed by atoms with Crippen LogP contribution in [0.1, 0.15) is 61.6 Å². The summed E-state index contributed by atoms with van der Waals surface area (Å²) in [5.41, 5.74) is 3.96. The van der Waals surface area contributed by atoms with Crippen molar-refractivity contribution in [2.24, 2.45) is 5.92 Å². The number of benzene rings is 3. The van der Waals surface area contributed by atoms with E-state index in [1.807, 2.05) is 12.1 Å². The van der Waals surface area contributed by atoms with Gasteiger partial charge < -0.3 is 10.2 Å². The fraction of sp³-hybridized carbons (Fsp3) is 0.387. The van der Waals surface area contributed by atoms with E-state index in [9.17, 15) is 4.79 Å². The van der Waals surface area contributed by atoms with Crippen molar-refractivity contribution in [3.05, 3.63) is 107 Å². The minimum Gasteiger partial charge on any atom is -0.341 e. The lowest BCUT2D eigenvalue weighted by Crippen LogP contribution is -2.51. The third-order valence-electron chi connectivity index (χ3n) is 7.28. The van der Waals surface area contributed by atoms with Crippen molar-refractivity contribution in [2.45, 2.75) is 51.0 Å². The molecule has 1 unspecified atom stereocenters. The van der Waals surface area contributed by atoms with Crippen LogP contribution in [-0.2, 0) is 4.79 Å². The van der Waals surface area contributed by atoms with Gasteiger partial charge in [0.2, 0.25) is 5.91 Å². The predicted octanol–water partition coefficient (Wildman–Crippen LogP) is 6.88. The molecule has 1 heterocycles. The Balaban J connectivity index is 1.35. The standard InChI is InChI=1S/C31H37ClN2O/c1-23(2)30(31(35)34-21-18-25(19-22-34)24-13-15-28(32)16-14-24)33-20-17-29(26-9-5-3-6-10-26)27-11-7-4-8-12-27/h3-16,23,25,29-30,33H,17-22H2,1-2H3. The summed E-state index contributed by atoms with van der Waals surface area (Å²) in [5, 5.41) is 4.40. The number of likely N-dealkylation sites (tertiary alicyclic amines) is 1. The highest BCUT2D eigenvalue weighted by Gasteiger charge is 2.30. The van der Waals surface area contributed by atoms with Gasteiger partial charge in [0.15, 0.2) is 0 Å². The Kier molecular flexibility index (Phi) is 9.01. The second kappa shape index (κ2) is 12.4. The molecule has 1 aliphatic rings. The van der Waals surface area contributed by atoms with Crippen LogP contribution < -0.4 is 5.32 Å². The maximum absolute atomic E-state index is 13.5. The molecule has 0 saturated carbocycles. The Labute approximate surface area is 215 Å². The monoisotopic (exact) mass is 488 g/mol. The molecule has 1 aliphatic heterocycles. The number of hydrogen-bond donors (Lipinski definition) is 1. The molecule has 0 aliphatic carbocycles. The van der Waals surface area contributed by atoms with Crippen molar-refractivity contribution < 1.29 is 4.79 Å². The number of amides is 1. The SMILES string of the molecule is CC(C)C(NCCC(c1ccccc1)c1ccccc1)C(=O)N1CCC(c2ccc(Cl)cc2)CC1. The number of halogens is 1. The normalized spacial score (nSPS) is 15.5. The van der Waals surface area contributed by atoms with Gasteiger partial charge in [0, 0.05) is 24.0 Å². The smallest absolute Gasteiger partial charge is 0.239 e. The molecule has 1 N–H and O–H groups in total. The highest BCUT2D eigenvalue weighted by Crippen LogP contribution is 2.30. The number of nitrogens with zero attached hydrogens (tertiary/aromatic N) is 1. The first-order valence-electron chi connectivity index (χ1n) is 12.9.